The van der Waals surface area contributed by atoms with E-state index in [0.29, 0.717) is 16.9 Å². The van der Waals surface area contributed by atoms with Gasteiger partial charge in [0.25, 0.3) is 11.5 Å². The first-order valence-corrected chi connectivity index (χ1v) is 7.05. The number of rotatable bonds is 3. The molecule has 108 valence electrons. The zero-order valence-electron chi connectivity index (χ0n) is 11.2. The molecule has 0 spiro atoms. The van der Waals surface area contributed by atoms with Crippen molar-refractivity contribution in [3.8, 4) is 0 Å². The highest BCUT2D eigenvalue weighted by Crippen LogP contribution is 2.17. The van der Waals surface area contributed by atoms with Gasteiger partial charge in [-0.1, -0.05) is 0 Å². The summed E-state index contributed by atoms with van der Waals surface area (Å²) in [6.07, 6.45) is 3.43. The van der Waals surface area contributed by atoms with Crippen LogP contribution in [0.3, 0.4) is 0 Å². The molecule has 0 fully saturated rings. The topological polar surface area (TPSA) is 94.4 Å². The van der Waals surface area contributed by atoms with Gasteiger partial charge in [0.2, 0.25) is 0 Å². The molecule has 0 saturated carbocycles. The average molecular weight is 303 g/mol. The Labute approximate surface area is 123 Å². The molecule has 3 heterocycles. The lowest BCUT2D eigenvalue weighted by atomic mass is 10.4. The van der Waals surface area contributed by atoms with E-state index in [1.54, 1.807) is 33.6 Å². The molecule has 21 heavy (non-hydrogen) atoms. The van der Waals surface area contributed by atoms with Gasteiger partial charge >= 0.3 is 0 Å². The van der Waals surface area contributed by atoms with Gasteiger partial charge in [-0.2, -0.15) is 5.10 Å². The number of nitrogens with two attached hydrogens (primary N) is 1. The van der Waals surface area contributed by atoms with Crippen molar-refractivity contribution in [2.75, 3.05) is 0 Å². The number of carbonyl (C=O) groups is 1. The molecule has 0 aromatic carbocycles. The molecule has 7 nitrogen and oxygen atoms in total. The van der Waals surface area contributed by atoms with Crippen LogP contribution in [0.1, 0.15) is 20.2 Å². The molecule has 0 unspecified atom stereocenters. The molecule has 1 amide bonds. The first kappa shape index (κ1) is 13.5. The number of amides is 1. The molecule has 3 rings (SSSR count). The first-order chi connectivity index (χ1) is 10.1. The fourth-order valence-corrected chi connectivity index (χ4v) is 3.01. The summed E-state index contributed by atoms with van der Waals surface area (Å²) in [6.45, 7) is 2.25. The summed E-state index contributed by atoms with van der Waals surface area (Å²) in [7, 11) is 0. The summed E-state index contributed by atoms with van der Waals surface area (Å²) >= 11 is 1.31. The standard InChI is InChI=1S/C13H13N5O2S/c1-8-6-10-13(20)17(4-5-18(10)16-8)7-9-2-3-11(21-9)12(19)15-14/h2-6H,7,14H2,1H3,(H,15,19). The Morgan fingerprint density at radius 2 is 2.24 bits per heavy atom. The van der Waals surface area contributed by atoms with E-state index in [2.05, 4.69) is 10.5 Å². The monoisotopic (exact) mass is 303 g/mol. The maximum atomic E-state index is 12.4. The van der Waals surface area contributed by atoms with Crippen LogP contribution in [0.2, 0.25) is 0 Å². The Morgan fingerprint density at radius 1 is 1.43 bits per heavy atom. The van der Waals surface area contributed by atoms with Crippen molar-refractivity contribution in [2.45, 2.75) is 13.5 Å². The van der Waals surface area contributed by atoms with Gasteiger partial charge in [0, 0.05) is 17.3 Å². The third kappa shape index (κ3) is 2.46. The van der Waals surface area contributed by atoms with Gasteiger partial charge < -0.3 is 4.57 Å². The lowest BCUT2D eigenvalue weighted by Gasteiger charge is -2.03. The maximum Gasteiger partial charge on any atom is 0.276 e. The lowest BCUT2D eigenvalue weighted by molar-refractivity contribution is 0.0957. The number of hydrogen-bond donors (Lipinski definition) is 2. The molecule has 0 saturated heterocycles. The molecule has 0 bridgehead atoms. The van der Waals surface area contributed by atoms with E-state index in [4.69, 9.17) is 5.84 Å². The Balaban J connectivity index is 1.94. The second-order valence-corrected chi connectivity index (χ2v) is 5.75. The van der Waals surface area contributed by atoms with Crippen molar-refractivity contribution < 1.29 is 4.79 Å². The molecular formula is C13H13N5O2S. The van der Waals surface area contributed by atoms with Crippen LogP contribution >= 0.6 is 11.3 Å². The number of nitrogens with zero attached hydrogens (tertiary/aromatic N) is 3. The van der Waals surface area contributed by atoms with Crippen LogP contribution in [-0.4, -0.2) is 20.1 Å². The number of aromatic nitrogens is 3. The Morgan fingerprint density at radius 3 is 3.00 bits per heavy atom. The van der Waals surface area contributed by atoms with E-state index in [0.717, 1.165) is 10.6 Å². The number of hydrogen-bond acceptors (Lipinski definition) is 5. The minimum atomic E-state index is -0.333. The van der Waals surface area contributed by atoms with Gasteiger partial charge in [-0.3, -0.25) is 15.0 Å². The van der Waals surface area contributed by atoms with Gasteiger partial charge in [-0.15, -0.1) is 11.3 Å². The Hall–Kier alpha value is -2.45. The molecule has 0 atom stereocenters. The van der Waals surface area contributed by atoms with Crippen molar-refractivity contribution >= 4 is 22.8 Å². The van der Waals surface area contributed by atoms with Crippen LogP contribution < -0.4 is 16.8 Å². The highest BCUT2D eigenvalue weighted by molar-refractivity contribution is 7.14. The highest BCUT2D eigenvalue weighted by Gasteiger charge is 2.10. The second kappa shape index (κ2) is 5.15. The van der Waals surface area contributed by atoms with E-state index in [1.165, 1.54) is 11.3 Å². The van der Waals surface area contributed by atoms with Crippen molar-refractivity contribution in [3.05, 3.63) is 56.4 Å². The van der Waals surface area contributed by atoms with Crippen LogP contribution in [0.25, 0.3) is 5.52 Å². The largest absolute Gasteiger partial charge is 0.307 e. The molecular weight excluding hydrogens is 290 g/mol. The molecule has 0 aliphatic carbocycles. The van der Waals surface area contributed by atoms with E-state index in [9.17, 15) is 9.59 Å². The molecule has 0 aliphatic heterocycles. The minimum Gasteiger partial charge on any atom is -0.307 e. The van der Waals surface area contributed by atoms with Gasteiger partial charge in [0.05, 0.1) is 17.1 Å². The van der Waals surface area contributed by atoms with Crippen LogP contribution in [0.4, 0.5) is 0 Å². The fraction of sp³-hybridized carbons (Fsp3) is 0.154. The SMILES string of the molecule is Cc1cc2c(=O)n(Cc3ccc(C(=O)NN)s3)ccn2n1. The van der Waals surface area contributed by atoms with Crippen LogP contribution in [0.5, 0.6) is 0 Å². The molecule has 3 N–H and O–H groups in total. The molecule has 0 radical (unpaired) electrons. The number of carbonyl (C=O) groups excluding carboxylic acids is 1. The van der Waals surface area contributed by atoms with Crippen molar-refractivity contribution in [1.29, 1.82) is 0 Å². The number of thiophene rings is 1. The van der Waals surface area contributed by atoms with Crippen LogP contribution in [-0.2, 0) is 6.54 Å². The van der Waals surface area contributed by atoms with Gasteiger partial charge in [-0.25, -0.2) is 10.4 Å². The molecule has 3 aromatic heterocycles. The normalized spacial score (nSPS) is 11.0. The highest BCUT2D eigenvalue weighted by atomic mass is 32.1. The van der Waals surface area contributed by atoms with Gasteiger partial charge in [-0.05, 0) is 25.1 Å². The smallest absolute Gasteiger partial charge is 0.276 e. The first-order valence-electron chi connectivity index (χ1n) is 6.23. The molecule has 0 aliphatic rings. The summed E-state index contributed by atoms with van der Waals surface area (Å²) in [6, 6.07) is 5.25. The Kier molecular flexibility index (Phi) is 3.32. The van der Waals surface area contributed by atoms with E-state index < -0.39 is 0 Å². The van der Waals surface area contributed by atoms with Crippen molar-refractivity contribution in [1.82, 2.24) is 19.6 Å². The summed E-state index contributed by atoms with van der Waals surface area (Å²) in [5.74, 6) is 4.76. The number of fused-ring (bicyclic) bond motifs is 1. The summed E-state index contributed by atoms with van der Waals surface area (Å²) in [4.78, 5) is 25.2. The zero-order chi connectivity index (χ0) is 15.0. The van der Waals surface area contributed by atoms with Crippen molar-refractivity contribution in [3.63, 3.8) is 0 Å². The number of hydrazine groups is 1. The number of aryl methyl sites for hydroxylation is 1. The second-order valence-electron chi connectivity index (χ2n) is 4.59. The van der Waals surface area contributed by atoms with Crippen molar-refractivity contribution in [2.24, 2.45) is 5.84 Å². The average Bonchev–Trinajstić information content (AvgIpc) is 3.07. The third-order valence-electron chi connectivity index (χ3n) is 3.07. The zero-order valence-corrected chi connectivity index (χ0v) is 12.1. The third-order valence-corrected chi connectivity index (χ3v) is 4.14. The van der Waals surface area contributed by atoms with E-state index >= 15 is 0 Å². The van der Waals surface area contributed by atoms with Crippen LogP contribution in [0, 0.1) is 6.92 Å². The molecule has 8 heteroatoms. The maximum absolute atomic E-state index is 12.4. The predicted octanol–water partition coefficient (Wildman–Crippen LogP) is 0.518. The molecule has 3 aromatic rings. The Bertz CT molecular complexity index is 876. The summed E-state index contributed by atoms with van der Waals surface area (Å²) < 4.78 is 3.16. The predicted molar refractivity (Wildman–Crippen MR) is 79.3 cm³/mol. The van der Waals surface area contributed by atoms with E-state index in [-0.39, 0.29) is 11.5 Å². The number of nitrogens with one attached hydrogen (secondary N) is 1. The quantitative estimate of drug-likeness (QED) is 0.419. The van der Waals surface area contributed by atoms with Gasteiger partial charge in [0.15, 0.2) is 0 Å². The fourth-order valence-electron chi connectivity index (χ4n) is 2.10. The lowest BCUT2D eigenvalue weighted by Crippen LogP contribution is -2.29. The van der Waals surface area contributed by atoms with Crippen LogP contribution in [0.15, 0.2) is 35.4 Å². The summed E-state index contributed by atoms with van der Waals surface area (Å²) in [5.41, 5.74) is 3.30. The minimum absolute atomic E-state index is 0.115. The van der Waals surface area contributed by atoms with E-state index in [1.807, 2.05) is 13.0 Å². The summed E-state index contributed by atoms with van der Waals surface area (Å²) in [5, 5.41) is 4.20. The number of nitrogen functional groups attached to an aromatic ring is 1. The van der Waals surface area contributed by atoms with Gasteiger partial charge in [0.1, 0.15) is 5.52 Å².